The van der Waals surface area contributed by atoms with E-state index in [4.69, 9.17) is 0 Å². The van der Waals surface area contributed by atoms with Crippen LogP contribution in [0.15, 0.2) is 28.7 Å². The Morgan fingerprint density at radius 2 is 1.95 bits per heavy atom. The quantitative estimate of drug-likeness (QED) is 0.821. The van der Waals surface area contributed by atoms with Crippen molar-refractivity contribution in [3.05, 3.63) is 34.3 Å². The number of halogens is 1. The van der Waals surface area contributed by atoms with E-state index < -0.39 is 0 Å². The molecule has 0 bridgehead atoms. The molecule has 0 spiro atoms. The summed E-state index contributed by atoms with van der Waals surface area (Å²) in [7, 11) is 0. The van der Waals surface area contributed by atoms with E-state index in [1.807, 2.05) is 0 Å². The molecular formula is C17H26BrN. The van der Waals surface area contributed by atoms with Gasteiger partial charge >= 0.3 is 0 Å². The van der Waals surface area contributed by atoms with Crippen LogP contribution in [-0.4, -0.2) is 12.6 Å². The lowest BCUT2D eigenvalue weighted by atomic mass is 9.76. The Hall–Kier alpha value is -0.340. The molecule has 0 amide bonds. The highest BCUT2D eigenvalue weighted by Gasteiger charge is 2.25. The van der Waals surface area contributed by atoms with Gasteiger partial charge in [-0.1, -0.05) is 54.8 Å². The van der Waals surface area contributed by atoms with Crippen molar-refractivity contribution >= 4 is 15.9 Å². The minimum Gasteiger partial charge on any atom is -0.314 e. The maximum Gasteiger partial charge on any atom is 0.0177 e. The van der Waals surface area contributed by atoms with Gasteiger partial charge in [0, 0.05) is 10.5 Å². The Labute approximate surface area is 126 Å². The molecule has 0 saturated heterocycles. The van der Waals surface area contributed by atoms with Crippen LogP contribution in [0.25, 0.3) is 0 Å². The van der Waals surface area contributed by atoms with Crippen LogP contribution in [0.2, 0.25) is 0 Å². The molecule has 1 aromatic rings. The normalized spacial score (nSPS) is 23.8. The van der Waals surface area contributed by atoms with Crippen molar-refractivity contribution in [2.45, 2.75) is 52.0 Å². The van der Waals surface area contributed by atoms with Gasteiger partial charge in [0.15, 0.2) is 0 Å². The predicted molar refractivity (Wildman–Crippen MR) is 86.4 cm³/mol. The van der Waals surface area contributed by atoms with Crippen LogP contribution in [0.4, 0.5) is 0 Å². The van der Waals surface area contributed by atoms with Crippen LogP contribution in [0.5, 0.6) is 0 Å². The fraction of sp³-hybridized carbons (Fsp3) is 0.647. The van der Waals surface area contributed by atoms with E-state index in [2.05, 4.69) is 59.4 Å². The number of rotatable bonds is 5. The van der Waals surface area contributed by atoms with Crippen LogP contribution in [0.3, 0.4) is 0 Å². The zero-order chi connectivity index (χ0) is 13.7. The third kappa shape index (κ3) is 4.92. The summed E-state index contributed by atoms with van der Waals surface area (Å²) in [4.78, 5) is 0. The van der Waals surface area contributed by atoms with Crippen LogP contribution < -0.4 is 5.32 Å². The van der Waals surface area contributed by atoms with E-state index in [1.54, 1.807) is 0 Å². The van der Waals surface area contributed by atoms with Gasteiger partial charge in [-0.15, -0.1) is 0 Å². The molecule has 1 aromatic carbocycles. The average Bonchev–Trinajstić information content (AvgIpc) is 2.38. The Bertz CT molecular complexity index is 389. The van der Waals surface area contributed by atoms with Gasteiger partial charge in [0.2, 0.25) is 0 Å². The molecular weight excluding hydrogens is 298 g/mol. The second-order valence-corrected chi connectivity index (χ2v) is 7.12. The number of nitrogens with one attached hydrogen (secondary N) is 1. The van der Waals surface area contributed by atoms with Gasteiger partial charge in [0.25, 0.3) is 0 Å². The maximum absolute atomic E-state index is 3.63. The van der Waals surface area contributed by atoms with Gasteiger partial charge in [-0.25, -0.2) is 0 Å². The lowest BCUT2D eigenvalue weighted by Crippen LogP contribution is -2.34. The fourth-order valence-electron chi connectivity index (χ4n) is 3.18. The van der Waals surface area contributed by atoms with E-state index in [0.29, 0.717) is 6.04 Å². The SMILES string of the molecule is CC(C)NCC1CCCCC1Cc1cccc(Br)c1. The third-order valence-corrected chi connectivity index (χ3v) is 4.73. The highest BCUT2D eigenvalue weighted by Crippen LogP contribution is 2.32. The monoisotopic (exact) mass is 323 g/mol. The van der Waals surface area contributed by atoms with Gasteiger partial charge in [0.1, 0.15) is 0 Å². The molecule has 1 aliphatic rings. The molecule has 2 heteroatoms. The molecule has 2 unspecified atom stereocenters. The Morgan fingerprint density at radius 1 is 1.21 bits per heavy atom. The molecule has 0 aliphatic heterocycles. The summed E-state index contributed by atoms with van der Waals surface area (Å²) in [6.45, 7) is 5.68. The lowest BCUT2D eigenvalue weighted by molar-refractivity contribution is 0.224. The molecule has 1 saturated carbocycles. The molecule has 0 radical (unpaired) electrons. The summed E-state index contributed by atoms with van der Waals surface area (Å²) in [5, 5.41) is 3.63. The summed E-state index contributed by atoms with van der Waals surface area (Å²) in [6, 6.07) is 9.42. The maximum atomic E-state index is 3.63. The van der Waals surface area contributed by atoms with Crippen molar-refractivity contribution < 1.29 is 0 Å². The lowest BCUT2D eigenvalue weighted by Gasteiger charge is -2.32. The van der Waals surface area contributed by atoms with Crippen LogP contribution in [0, 0.1) is 11.8 Å². The van der Waals surface area contributed by atoms with Gasteiger partial charge in [-0.05, 0) is 55.3 Å². The largest absolute Gasteiger partial charge is 0.314 e. The van der Waals surface area contributed by atoms with Crippen LogP contribution in [-0.2, 0) is 6.42 Å². The highest BCUT2D eigenvalue weighted by molar-refractivity contribution is 9.10. The summed E-state index contributed by atoms with van der Waals surface area (Å²) in [5.74, 6) is 1.71. The topological polar surface area (TPSA) is 12.0 Å². The molecule has 106 valence electrons. The Balaban J connectivity index is 1.95. The Morgan fingerprint density at radius 3 is 2.63 bits per heavy atom. The zero-order valence-corrected chi connectivity index (χ0v) is 13.7. The first-order chi connectivity index (χ1) is 9.15. The van der Waals surface area contributed by atoms with Gasteiger partial charge in [0.05, 0.1) is 0 Å². The number of hydrogen-bond acceptors (Lipinski definition) is 1. The molecule has 0 heterocycles. The van der Waals surface area contributed by atoms with Crippen molar-refractivity contribution in [2.24, 2.45) is 11.8 Å². The second kappa shape index (κ2) is 7.44. The Kier molecular flexibility index (Phi) is 5.90. The van der Waals surface area contributed by atoms with Crippen LogP contribution in [0.1, 0.15) is 45.1 Å². The summed E-state index contributed by atoms with van der Waals surface area (Å²) in [5.41, 5.74) is 1.48. The fourth-order valence-corrected chi connectivity index (χ4v) is 3.62. The summed E-state index contributed by atoms with van der Waals surface area (Å²) in [6.07, 6.45) is 6.87. The molecule has 2 rings (SSSR count). The van der Waals surface area contributed by atoms with E-state index in [1.165, 1.54) is 48.7 Å². The van der Waals surface area contributed by atoms with Crippen molar-refractivity contribution in [3.8, 4) is 0 Å². The predicted octanol–water partition coefficient (Wildman–Crippen LogP) is 4.80. The number of hydrogen-bond donors (Lipinski definition) is 1. The first-order valence-electron chi connectivity index (χ1n) is 7.63. The van der Waals surface area contributed by atoms with Crippen molar-refractivity contribution in [2.75, 3.05) is 6.54 Å². The second-order valence-electron chi connectivity index (χ2n) is 6.20. The first-order valence-corrected chi connectivity index (χ1v) is 8.42. The average molecular weight is 324 g/mol. The zero-order valence-electron chi connectivity index (χ0n) is 12.2. The van der Waals surface area contributed by atoms with Crippen molar-refractivity contribution in [1.29, 1.82) is 0 Å². The van der Waals surface area contributed by atoms with Crippen LogP contribution >= 0.6 is 15.9 Å². The van der Waals surface area contributed by atoms with E-state index in [9.17, 15) is 0 Å². The van der Waals surface area contributed by atoms with E-state index >= 15 is 0 Å². The van der Waals surface area contributed by atoms with E-state index in [0.717, 1.165) is 11.8 Å². The van der Waals surface area contributed by atoms with Gasteiger partial charge in [-0.3, -0.25) is 0 Å². The molecule has 19 heavy (non-hydrogen) atoms. The van der Waals surface area contributed by atoms with Crippen molar-refractivity contribution in [3.63, 3.8) is 0 Å². The molecule has 2 atom stereocenters. The van der Waals surface area contributed by atoms with Gasteiger partial charge < -0.3 is 5.32 Å². The summed E-state index contributed by atoms with van der Waals surface area (Å²) >= 11 is 3.58. The van der Waals surface area contributed by atoms with Crippen molar-refractivity contribution in [1.82, 2.24) is 5.32 Å². The number of benzene rings is 1. The molecule has 1 N–H and O–H groups in total. The molecule has 1 aliphatic carbocycles. The minimum absolute atomic E-state index is 0.605. The van der Waals surface area contributed by atoms with Gasteiger partial charge in [-0.2, -0.15) is 0 Å². The third-order valence-electron chi connectivity index (χ3n) is 4.24. The molecule has 1 fully saturated rings. The summed E-state index contributed by atoms with van der Waals surface area (Å²) < 4.78 is 1.21. The standard InChI is InChI=1S/C17H26BrN/c1-13(2)19-12-16-8-4-3-7-15(16)10-14-6-5-9-17(18)11-14/h5-6,9,11,13,15-16,19H,3-4,7-8,10,12H2,1-2H3. The van der Waals surface area contributed by atoms with E-state index in [-0.39, 0.29) is 0 Å². The smallest absolute Gasteiger partial charge is 0.0177 e. The minimum atomic E-state index is 0.605. The molecule has 1 nitrogen and oxygen atoms in total. The first kappa shape index (κ1) is 15.1. The molecule has 0 aromatic heterocycles. The highest BCUT2D eigenvalue weighted by atomic mass is 79.9.